The molecule has 1 heterocycles. The van der Waals surface area contributed by atoms with Crippen LogP contribution >= 0.6 is 0 Å². The Morgan fingerprint density at radius 1 is 1.06 bits per heavy atom. The third-order valence-corrected chi connectivity index (χ3v) is 6.82. The number of hydrogen-bond acceptors (Lipinski definition) is 5. The Hall–Kier alpha value is -2.91. The van der Waals surface area contributed by atoms with E-state index in [9.17, 15) is 18.0 Å². The summed E-state index contributed by atoms with van der Waals surface area (Å²) in [5.74, 6) is 0.622. The Balaban J connectivity index is 1.49. The first-order valence-corrected chi connectivity index (χ1v) is 11.6. The first kappa shape index (κ1) is 22.8. The number of nitrogens with zero attached hydrogens (tertiary/aromatic N) is 1. The number of nitrogens with one attached hydrogen (secondary N) is 2. The molecule has 8 nitrogen and oxygen atoms in total. The molecule has 1 aliphatic rings. The number of likely N-dealkylation sites (tertiary alicyclic amines) is 1. The molecule has 166 valence electrons. The zero-order valence-electron chi connectivity index (χ0n) is 17.6. The van der Waals surface area contributed by atoms with Crippen LogP contribution in [0, 0.1) is 5.92 Å². The van der Waals surface area contributed by atoms with E-state index in [0.717, 1.165) is 0 Å². The minimum atomic E-state index is -3.65. The molecule has 1 saturated heterocycles. The van der Waals surface area contributed by atoms with Gasteiger partial charge in [0.1, 0.15) is 5.75 Å². The van der Waals surface area contributed by atoms with Gasteiger partial charge in [0, 0.05) is 25.2 Å². The molecule has 9 heteroatoms. The van der Waals surface area contributed by atoms with Gasteiger partial charge in [-0.15, -0.1) is 0 Å². The van der Waals surface area contributed by atoms with Crippen LogP contribution in [0.5, 0.6) is 5.75 Å². The summed E-state index contributed by atoms with van der Waals surface area (Å²) < 4.78 is 32.9. The SMILES string of the molecule is COc1ccccc1NC(=O)N1CCC(CNS(=O)(=O)c2ccc(C(C)=O)cc2)CC1. The minimum Gasteiger partial charge on any atom is -0.495 e. The minimum absolute atomic E-state index is 0.113. The van der Waals surface area contributed by atoms with Crippen LogP contribution in [-0.2, 0) is 10.0 Å². The topological polar surface area (TPSA) is 105 Å². The summed E-state index contributed by atoms with van der Waals surface area (Å²) in [7, 11) is -2.10. The second kappa shape index (κ2) is 9.93. The molecule has 2 amide bonds. The van der Waals surface area contributed by atoms with Crippen LogP contribution in [-0.4, -0.2) is 51.9 Å². The molecule has 0 radical (unpaired) electrons. The van der Waals surface area contributed by atoms with E-state index >= 15 is 0 Å². The molecule has 2 aromatic rings. The van der Waals surface area contributed by atoms with E-state index in [1.165, 1.54) is 31.2 Å². The Kier molecular flexibility index (Phi) is 7.29. The van der Waals surface area contributed by atoms with Gasteiger partial charge in [-0.2, -0.15) is 0 Å². The van der Waals surface area contributed by atoms with Crippen LogP contribution < -0.4 is 14.8 Å². The van der Waals surface area contributed by atoms with Gasteiger partial charge in [-0.25, -0.2) is 17.9 Å². The molecular formula is C22H27N3O5S. The van der Waals surface area contributed by atoms with E-state index in [0.29, 0.717) is 49.5 Å². The van der Waals surface area contributed by atoms with Gasteiger partial charge in [-0.1, -0.05) is 24.3 Å². The quantitative estimate of drug-likeness (QED) is 0.637. The Bertz CT molecular complexity index is 1030. The van der Waals surface area contributed by atoms with Gasteiger partial charge in [0.15, 0.2) is 5.78 Å². The van der Waals surface area contributed by atoms with Crippen LogP contribution in [0.4, 0.5) is 10.5 Å². The van der Waals surface area contributed by atoms with Gasteiger partial charge < -0.3 is 15.0 Å². The van der Waals surface area contributed by atoms with Crippen molar-refractivity contribution in [2.45, 2.75) is 24.7 Å². The monoisotopic (exact) mass is 445 g/mol. The van der Waals surface area contributed by atoms with E-state index in [4.69, 9.17) is 4.74 Å². The number of Topliss-reactive ketones (excluding diaryl/α,β-unsaturated/α-hetero) is 1. The molecule has 0 spiro atoms. The summed E-state index contributed by atoms with van der Waals surface area (Å²) in [6.45, 7) is 2.82. The maximum Gasteiger partial charge on any atom is 0.321 e. The predicted octanol–water partition coefficient (Wildman–Crippen LogP) is 3.12. The van der Waals surface area contributed by atoms with Crippen molar-refractivity contribution in [3.05, 3.63) is 54.1 Å². The van der Waals surface area contributed by atoms with Crippen LogP contribution in [0.15, 0.2) is 53.4 Å². The highest BCUT2D eigenvalue weighted by atomic mass is 32.2. The van der Waals surface area contributed by atoms with Gasteiger partial charge in [0.25, 0.3) is 0 Å². The normalized spacial score (nSPS) is 14.8. The second-order valence-corrected chi connectivity index (χ2v) is 9.26. The molecule has 1 aliphatic heterocycles. The number of rotatable bonds is 7. The molecule has 1 fully saturated rings. The van der Waals surface area contributed by atoms with Gasteiger partial charge in [0.05, 0.1) is 17.7 Å². The summed E-state index contributed by atoms with van der Waals surface area (Å²) in [6, 6.07) is 12.9. The molecule has 0 bridgehead atoms. The maximum absolute atomic E-state index is 12.5. The van der Waals surface area contributed by atoms with Crippen LogP contribution in [0.3, 0.4) is 0 Å². The number of carbonyl (C=O) groups excluding carboxylic acids is 2. The van der Waals surface area contributed by atoms with Crippen LogP contribution in [0.25, 0.3) is 0 Å². The van der Waals surface area contributed by atoms with E-state index in [1.807, 2.05) is 12.1 Å². The Morgan fingerprint density at radius 3 is 2.32 bits per heavy atom. The number of piperidine rings is 1. The number of para-hydroxylation sites is 2. The lowest BCUT2D eigenvalue weighted by Gasteiger charge is -2.32. The molecular weight excluding hydrogens is 418 g/mol. The second-order valence-electron chi connectivity index (χ2n) is 7.49. The zero-order chi connectivity index (χ0) is 22.4. The van der Waals surface area contributed by atoms with Gasteiger partial charge in [0.2, 0.25) is 10.0 Å². The number of methoxy groups -OCH3 is 1. The average molecular weight is 446 g/mol. The average Bonchev–Trinajstić information content (AvgIpc) is 2.78. The van der Waals surface area contributed by atoms with Crippen molar-refractivity contribution in [3.8, 4) is 5.75 Å². The Morgan fingerprint density at radius 2 is 1.71 bits per heavy atom. The van der Waals surface area contributed by atoms with E-state index in [1.54, 1.807) is 24.1 Å². The fourth-order valence-corrected chi connectivity index (χ4v) is 4.58. The molecule has 0 saturated carbocycles. The lowest BCUT2D eigenvalue weighted by Crippen LogP contribution is -2.43. The van der Waals surface area contributed by atoms with Crippen molar-refractivity contribution in [2.75, 3.05) is 32.1 Å². The Labute approximate surface area is 182 Å². The fraction of sp³-hybridized carbons (Fsp3) is 0.364. The van der Waals surface area contributed by atoms with Crippen molar-refractivity contribution >= 4 is 27.5 Å². The van der Waals surface area contributed by atoms with Gasteiger partial charge in [-0.05, 0) is 49.9 Å². The van der Waals surface area contributed by atoms with E-state index in [2.05, 4.69) is 10.0 Å². The van der Waals surface area contributed by atoms with Crippen molar-refractivity contribution in [2.24, 2.45) is 5.92 Å². The van der Waals surface area contributed by atoms with E-state index in [-0.39, 0.29) is 22.6 Å². The number of ether oxygens (including phenoxy) is 1. The van der Waals surface area contributed by atoms with Crippen molar-refractivity contribution in [3.63, 3.8) is 0 Å². The fourth-order valence-electron chi connectivity index (χ4n) is 3.46. The third kappa shape index (κ3) is 5.83. The first-order valence-electron chi connectivity index (χ1n) is 10.1. The number of amides is 2. The number of benzene rings is 2. The van der Waals surface area contributed by atoms with Gasteiger partial charge in [-0.3, -0.25) is 4.79 Å². The highest BCUT2D eigenvalue weighted by molar-refractivity contribution is 7.89. The molecule has 2 N–H and O–H groups in total. The van der Waals surface area contributed by atoms with Gasteiger partial charge >= 0.3 is 6.03 Å². The molecule has 0 aliphatic carbocycles. The zero-order valence-corrected chi connectivity index (χ0v) is 18.4. The van der Waals surface area contributed by atoms with E-state index < -0.39 is 10.0 Å². The third-order valence-electron chi connectivity index (χ3n) is 5.38. The number of urea groups is 1. The lowest BCUT2D eigenvalue weighted by molar-refractivity contribution is 0.101. The highest BCUT2D eigenvalue weighted by Gasteiger charge is 2.25. The molecule has 31 heavy (non-hydrogen) atoms. The smallest absolute Gasteiger partial charge is 0.321 e. The number of ketones is 1. The van der Waals surface area contributed by atoms with Crippen LogP contribution in [0.1, 0.15) is 30.1 Å². The first-order chi connectivity index (χ1) is 14.8. The molecule has 3 rings (SSSR count). The van der Waals surface area contributed by atoms with Crippen molar-refractivity contribution in [1.82, 2.24) is 9.62 Å². The maximum atomic E-state index is 12.5. The number of anilines is 1. The standard InChI is InChI=1S/C22H27N3O5S/c1-16(26)18-7-9-19(10-8-18)31(28,29)23-15-17-11-13-25(14-12-17)22(27)24-20-5-3-4-6-21(20)30-2/h3-10,17,23H,11-15H2,1-2H3,(H,24,27). The summed E-state index contributed by atoms with van der Waals surface area (Å²) in [5, 5.41) is 2.86. The largest absolute Gasteiger partial charge is 0.495 e. The molecule has 2 aromatic carbocycles. The predicted molar refractivity (Wildman–Crippen MR) is 118 cm³/mol. The summed E-state index contributed by atoms with van der Waals surface area (Å²) in [6.07, 6.45) is 1.40. The number of carbonyl (C=O) groups is 2. The summed E-state index contributed by atoms with van der Waals surface area (Å²) in [5.41, 5.74) is 1.08. The van der Waals surface area contributed by atoms with Crippen molar-refractivity contribution < 1.29 is 22.7 Å². The van der Waals surface area contributed by atoms with Crippen molar-refractivity contribution in [1.29, 1.82) is 0 Å². The number of hydrogen-bond donors (Lipinski definition) is 2. The molecule has 0 aromatic heterocycles. The summed E-state index contributed by atoms with van der Waals surface area (Å²) in [4.78, 5) is 25.7. The van der Waals surface area contributed by atoms with Crippen LogP contribution in [0.2, 0.25) is 0 Å². The lowest BCUT2D eigenvalue weighted by atomic mass is 9.97. The number of sulfonamides is 1. The highest BCUT2D eigenvalue weighted by Crippen LogP contribution is 2.24. The summed E-state index contributed by atoms with van der Waals surface area (Å²) >= 11 is 0. The molecule has 0 unspecified atom stereocenters. The molecule has 0 atom stereocenters.